The third-order valence-electron chi connectivity index (χ3n) is 2.86. The Balaban J connectivity index is 1.93. The minimum absolute atomic E-state index is 0.377. The number of hydrogen-bond acceptors (Lipinski definition) is 2. The molecule has 1 aliphatic heterocycles. The van der Waals surface area contributed by atoms with Gasteiger partial charge in [-0.2, -0.15) is 0 Å². The van der Waals surface area contributed by atoms with Gasteiger partial charge in [-0.15, -0.1) is 0 Å². The lowest BCUT2D eigenvalue weighted by atomic mass is 10.1. The number of rotatable bonds is 2. The molecular formula is C12H17IN2. The smallest absolute Gasteiger partial charge is 0.0234 e. The van der Waals surface area contributed by atoms with Crippen LogP contribution < -0.4 is 5.73 Å². The number of hydrogen-bond donors (Lipinski definition) is 1. The first-order valence-corrected chi connectivity index (χ1v) is 6.54. The lowest BCUT2D eigenvalue weighted by Gasteiger charge is -2.30. The minimum Gasteiger partial charge on any atom is -0.327 e. The van der Waals surface area contributed by atoms with Crippen LogP contribution >= 0.6 is 22.6 Å². The Morgan fingerprint density at radius 3 is 2.73 bits per heavy atom. The van der Waals surface area contributed by atoms with Crippen LogP contribution in [0.3, 0.4) is 0 Å². The van der Waals surface area contributed by atoms with E-state index in [1.165, 1.54) is 28.5 Å². The van der Waals surface area contributed by atoms with Gasteiger partial charge in [0.05, 0.1) is 0 Å². The molecule has 0 aromatic heterocycles. The zero-order valence-electron chi connectivity index (χ0n) is 8.82. The van der Waals surface area contributed by atoms with Gasteiger partial charge in [0, 0.05) is 22.7 Å². The second-order valence-electron chi connectivity index (χ2n) is 4.26. The molecule has 0 amide bonds. The van der Waals surface area contributed by atoms with Gasteiger partial charge in [0.15, 0.2) is 0 Å². The number of halogens is 1. The predicted octanol–water partition coefficient (Wildman–Crippen LogP) is 2.21. The highest BCUT2D eigenvalue weighted by atomic mass is 127. The Morgan fingerprint density at radius 2 is 2.07 bits per heavy atom. The van der Waals surface area contributed by atoms with E-state index in [1.807, 2.05) is 0 Å². The van der Waals surface area contributed by atoms with E-state index in [2.05, 4.69) is 51.8 Å². The van der Waals surface area contributed by atoms with Crippen LogP contribution in [0.1, 0.15) is 18.4 Å². The monoisotopic (exact) mass is 316 g/mol. The first-order chi connectivity index (χ1) is 7.24. The van der Waals surface area contributed by atoms with Crippen molar-refractivity contribution in [2.75, 3.05) is 13.1 Å². The Labute approximate surface area is 105 Å². The molecule has 1 atom stereocenters. The highest BCUT2D eigenvalue weighted by Crippen LogP contribution is 2.13. The Hall–Kier alpha value is -0.130. The molecule has 82 valence electrons. The molecule has 1 unspecified atom stereocenters. The van der Waals surface area contributed by atoms with Crippen LogP contribution in [0.25, 0.3) is 0 Å². The molecule has 0 aliphatic carbocycles. The van der Waals surface area contributed by atoms with Crippen molar-refractivity contribution in [1.29, 1.82) is 0 Å². The SMILES string of the molecule is NC1CCCN(Cc2ccc(I)cc2)C1. The Kier molecular flexibility index (Phi) is 3.99. The van der Waals surface area contributed by atoms with E-state index in [0.717, 1.165) is 13.1 Å². The molecule has 1 heterocycles. The first kappa shape index (κ1) is 11.4. The van der Waals surface area contributed by atoms with Gasteiger partial charge in [0.1, 0.15) is 0 Å². The lowest BCUT2D eigenvalue weighted by Crippen LogP contribution is -2.42. The van der Waals surface area contributed by atoms with Crippen molar-refractivity contribution in [1.82, 2.24) is 4.90 Å². The molecule has 2 rings (SSSR count). The van der Waals surface area contributed by atoms with Crippen molar-refractivity contribution in [3.8, 4) is 0 Å². The van der Waals surface area contributed by atoms with Gasteiger partial charge in [0.2, 0.25) is 0 Å². The van der Waals surface area contributed by atoms with Crippen LogP contribution in [0, 0.1) is 3.57 Å². The zero-order valence-corrected chi connectivity index (χ0v) is 11.0. The number of nitrogens with zero attached hydrogens (tertiary/aromatic N) is 1. The number of benzene rings is 1. The van der Waals surface area contributed by atoms with E-state index in [1.54, 1.807) is 0 Å². The molecule has 1 aromatic carbocycles. The summed E-state index contributed by atoms with van der Waals surface area (Å²) in [5.74, 6) is 0. The number of nitrogens with two attached hydrogens (primary N) is 1. The molecule has 3 heteroatoms. The Bertz CT molecular complexity index is 310. The third-order valence-corrected chi connectivity index (χ3v) is 3.58. The molecule has 0 saturated carbocycles. The number of piperidine rings is 1. The summed E-state index contributed by atoms with van der Waals surface area (Å²) >= 11 is 2.34. The normalized spacial score (nSPS) is 22.9. The van der Waals surface area contributed by atoms with Crippen LogP contribution in [0.2, 0.25) is 0 Å². The van der Waals surface area contributed by atoms with Gasteiger partial charge >= 0.3 is 0 Å². The molecule has 1 fully saturated rings. The van der Waals surface area contributed by atoms with Gasteiger partial charge in [-0.3, -0.25) is 4.90 Å². The standard InChI is InChI=1S/C12H17IN2/c13-11-5-3-10(4-6-11)8-15-7-1-2-12(14)9-15/h3-6,12H,1-2,7-9,14H2. The fraction of sp³-hybridized carbons (Fsp3) is 0.500. The van der Waals surface area contributed by atoms with Gasteiger partial charge in [-0.1, -0.05) is 12.1 Å². The molecule has 0 spiro atoms. The summed E-state index contributed by atoms with van der Waals surface area (Å²) in [6.45, 7) is 3.29. The largest absolute Gasteiger partial charge is 0.327 e. The Morgan fingerprint density at radius 1 is 1.33 bits per heavy atom. The van der Waals surface area contributed by atoms with Crippen molar-refractivity contribution < 1.29 is 0 Å². The molecule has 2 nitrogen and oxygen atoms in total. The summed E-state index contributed by atoms with van der Waals surface area (Å²) in [7, 11) is 0. The van der Waals surface area contributed by atoms with Gasteiger partial charge < -0.3 is 5.73 Å². The van der Waals surface area contributed by atoms with Gasteiger partial charge in [-0.25, -0.2) is 0 Å². The molecule has 1 aromatic rings. The molecular weight excluding hydrogens is 299 g/mol. The van der Waals surface area contributed by atoms with Gasteiger partial charge in [-0.05, 0) is 59.7 Å². The summed E-state index contributed by atoms with van der Waals surface area (Å²) in [6.07, 6.45) is 2.43. The van der Waals surface area contributed by atoms with E-state index in [0.29, 0.717) is 6.04 Å². The summed E-state index contributed by atoms with van der Waals surface area (Å²) in [5, 5.41) is 0. The lowest BCUT2D eigenvalue weighted by molar-refractivity contribution is 0.201. The average molecular weight is 316 g/mol. The van der Waals surface area contributed by atoms with Crippen molar-refractivity contribution in [2.45, 2.75) is 25.4 Å². The van der Waals surface area contributed by atoms with Gasteiger partial charge in [0.25, 0.3) is 0 Å². The van der Waals surface area contributed by atoms with Crippen LogP contribution in [0.15, 0.2) is 24.3 Å². The fourth-order valence-electron chi connectivity index (χ4n) is 2.08. The van der Waals surface area contributed by atoms with Crippen molar-refractivity contribution in [2.24, 2.45) is 5.73 Å². The highest BCUT2D eigenvalue weighted by Gasteiger charge is 2.16. The maximum atomic E-state index is 5.96. The maximum Gasteiger partial charge on any atom is 0.0234 e. The molecule has 2 N–H and O–H groups in total. The predicted molar refractivity (Wildman–Crippen MR) is 71.6 cm³/mol. The van der Waals surface area contributed by atoms with Crippen molar-refractivity contribution >= 4 is 22.6 Å². The zero-order chi connectivity index (χ0) is 10.7. The van der Waals surface area contributed by atoms with E-state index >= 15 is 0 Å². The van der Waals surface area contributed by atoms with Crippen LogP contribution in [0.4, 0.5) is 0 Å². The fourth-order valence-corrected chi connectivity index (χ4v) is 2.44. The van der Waals surface area contributed by atoms with Crippen LogP contribution in [-0.4, -0.2) is 24.0 Å². The molecule has 1 aliphatic rings. The van der Waals surface area contributed by atoms with E-state index < -0.39 is 0 Å². The van der Waals surface area contributed by atoms with E-state index in [4.69, 9.17) is 5.73 Å². The quantitative estimate of drug-likeness (QED) is 0.848. The van der Waals surface area contributed by atoms with Crippen LogP contribution in [0.5, 0.6) is 0 Å². The molecule has 1 saturated heterocycles. The molecule has 0 radical (unpaired) electrons. The third kappa shape index (κ3) is 3.43. The maximum absolute atomic E-state index is 5.96. The van der Waals surface area contributed by atoms with Crippen molar-refractivity contribution in [3.63, 3.8) is 0 Å². The van der Waals surface area contributed by atoms with Crippen LogP contribution in [-0.2, 0) is 6.54 Å². The first-order valence-electron chi connectivity index (χ1n) is 5.46. The van der Waals surface area contributed by atoms with Crippen molar-refractivity contribution in [3.05, 3.63) is 33.4 Å². The highest BCUT2D eigenvalue weighted by molar-refractivity contribution is 14.1. The summed E-state index contributed by atoms with van der Waals surface area (Å²) in [6, 6.07) is 9.13. The minimum atomic E-state index is 0.377. The average Bonchev–Trinajstić information content (AvgIpc) is 2.22. The topological polar surface area (TPSA) is 29.3 Å². The molecule has 15 heavy (non-hydrogen) atoms. The second-order valence-corrected chi connectivity index (χ2v) is 5.51. The summed E-state index contributed by atoms with van der Waals surface area (Å²) in [5.41, 5.74) is 7.35. The molecule has 0 bridgehead atoms. The van der Waals surface area contributed by atoms with E-state index in [9.17, 15) is 0 Å². The number of likely N-dealkylation sites (tertiary alicyclic amines) is 1. The second kappa shape index (κ2) is 5.27. The van der Waals surface area contributed by atoms with E-state index in [-0.39, 0.29) is 0 Å². The summed E-state index contributed by atoms with van der Waals surface area (Å²) < 4.78 is 1.30. The summed E-state index contributed by atoms with van der Waals surface area (Å²) in [4.78, 5) is 2.45.